The summed E-state index contributed by atoms with van der Waals surface area (Å²) < 4.78 is 2.09. The highest BCUT2D eigenvalue weighted by molar-refractivity contribution is 5.06. The number of aromatic nitrogens is 2. The van der Waals surface area contributed by atoms with Gasteiger partial charge in [-0.1, -0.05) is 0 Å². The van der Waals surface area contributed by atoms with Crippen LogP contribution >= 0.6 is 0 Å². The predicted molar refractivity (Wildman–Crippen MR) is 61.9 cm³/mol. The van der Waals surface area contributed by atoms with E-state index in [2.05, 4.69) is 35.0 Å². The molecule has 1 aromatic rings. The van der Waals surface area contributed by atoms with E-state index >= 15 is 0 Å². The molecule has 0 radical (unpaired) electrons. The minimum absolute atomic E-state index is 0.682. The third-order valence-electron chi connectivity index (χ3n) is 3.22. The van der Waals surface area contributed by atoms with Gasteiger partial charge in [0.2, 0.25) is 0 Å². The van der Waals surface area contributed by atoms with Crippen LogP contribution in [0, 0.1) is 19.8 Å². The molecule has 0 aliphatic heterocycles. The fourth-order valence-corrected chi connectivity index (χ4v) is 2.06. The molecule has 1 aromatic heterocycles. The molecule has 1 saturated carbocycles. The second kappa shape index (κ2) is 4.35. The number of hydrogen-bond donors (Lipinski definition) is 1. The van der Waals surface area contributed by atoms with Crippen LogP contribution in [0.2, 0.25) is 0 Å². The molecular formula is C12H21N3. The third kappa shape index (κ3) is 2.81. The summed E-state index contributed by atoms with van der Waals surface area (Å²) in [5.74, 6) is 0.936. The van der Waals surface area contributed by atoms with Crippen LogP contribution in [0.25, 0.3) is 0 Å². The number of rotatable bonds is 5. The first-order valence-corrected chi connectivity index (χ1v) is 5.91. The summed E-state index contributed by atoms with van der Waals surface area (Å²) in [6.45, 7) is 8.46. The lowest BCUT2D eigenvalue weighted by molar-refractivity contribution is 0.459. The van der Waals surface area contributed by atoms with Gasteiger partial charge in [0.25, 0.3) is 0 Å². The Labute approximate surface area is 91.9 Å². The van der Waals surface area contributed by atoms with Crippen molar-refractivity contribution in [1.29, 1.82) is 0 Å². The number of aryl methyl sites for hydroxylation is 2. The average Bonchev–Trinajstić information content (AvgIpc) is 2.94. The Kier molecular flexibility index (Phi) is 3.10. The zero-order valence-electron chi connectivity index (χ0n) is 9.95. The Bertz CT molecular complexity index is 326. The van der Waals surface area contributed by atoms with Crippen LogP contribution in [0.15, 0.2) is 6.07 Å². The monoisotopic (exact) mass is 207 g/mol. The Morgan fingerprint density at radius 1 is 1.53 bits per heavy atom. The lowest BCUT2D eigenvalue weighted by atomic mass is 10.2. The van der Waals surface area contributed by atoms with Crippen LogP contribution < -0.4 is 5.32 Å². The zero-order chi connectivity index (χ0) is 10.8. The van der Waals surface area contributed by atoms with E-state index in [0.29, 0.717) is 6.04 Å². The van der Waals surface area contributed by atoms with E-state index in [0.717, 1.165) is 24.7 Å². The Hall–Kier alpha value is -0.830. The summed E-state index contributed by atoms with van der Waals surface area (Å²) in [5.41, 5.74) is 2.37. The van der Waals surface area contributed by atoms with Crippen LogP contribution in [-0.4, -0.2) is 22.4 Å². The van der Waals surface area contributed by atoms with E-state index < -0.39 is 0 Å². The largest absolute Gasteiger partial charge is 0.312 e. The van der Waals surface area contributed by atoms with Crippen molar-refractivity contribution in [2.75, 3.05) is 6.54 Å². The topological polar surface area (TPSA) is 29.9 Å². The second-order valence-corrected chi connectivity index (χ2v) is 4.73. The van der Waals surface area contributed by atoms with Crippen LogP contribution in [0.5, 0.6) is 0 Å². The first-order chi connectivity index (χ1) is 7.16. The fourth-order valence-electron chi connectivity index (χ4n) is 2.06. The minimum atomic E-state index is 0.682. The molecule has 3 heteroatoms. The van der Waals surface area contributed by atoms with E-state index in [1.807, 2.05) is 6.92 Å². The summed E-state index contributed by atoms with van der Waals surface area (Å²) in [6.07, 6.45) is 2.82. The van der Waals surface area contributed by atoms with Gasteiger partial charge in [0.1, 0.15) is 0 Å². The third-order valence-corrected chi connectivity index (χ3v) is 3.22. The highest BCUT2D eigenvalue weighted by Crippen LogP contribution is 2.32. The summed E-state index contributed by atoms with van der Waals surface area (Å²) in [6, 6.07) is 2.81. The summed E-state index contributed by atoms with van der Waals surface area (Å²) in [5, 5.41) is 8.01. The molecule has 84 valence electrons. The van der Waals surface area contributed by atoms with Gasteiger partial charge in [0.15, 0.2) is 0 Å². The SMILES string of the molecule is Cc1cc(C)n(CCNC(C)C2CC2)n1. The molecule has 0 aromatic carbocycles. The van der Waals surface area contributed by atoms with Gasteiger partial charge in [0, 0.05) is 18.3 Å². The molecule has 0 bridgehead atoms. The molecule has 1 atom stereocenters. The lowest BCUT2D eigenvalue weighted by Crippen LogP contribution is -2.31. The van der Waals surface area contributed by atoms with Gasteiger partial charge >= 0.3 is 0 Å². The summed E-state index contributed by atoms with van der Waals surface area (Å²) in [4.78, 5) is 0. The molecule has 2 rings (SSSR count). The zero-order valence-corrected chi connectivity index (χ0v) is 9.95. The molecule has 0 saturated heterocycles. The Morgan fingerprint density at radius 3 is 2.80 bits per heavy atom. The van der Waals surface area contributed by atoms with Crippen LogP contribution in [0.4, 0.5) is 0 Å². The smallest absolute Gasteiger partial charge is 0.0596 e. The highest BCUT2D eigenvalue weighted by Gasteiger charge is 2.27. The predicted octanol–water partition coefficient (Wildman–Crippen LogP) is 1.89. The minimum Gasteiger partial charge on any atom is -0.312 e. The van der Waals surface area contributed by atoms with Gasteiger partial charge in [-0.25, -0.2) is 0 Å². The van der Waals surface area contributed by atoms with Crippen LogP contribution in [-0.2, 0) is 6.54 Å². The molecule has 1 unspecified atom stereocenters. The first kappa shape index (κ1) is 10.7. The number of nitrogens with zero attached hydrogens (tertiary/aromatic N) is 2. The van der Waals surface area contributed by atoms with Crippen molar-refractivity contribution in [2.45, 2.75) is 46.2 Å². The average molecular weight is 207 g/mol. The molecule has 0 spiro atoms. The molecule has 1 fully saturated rings. The van der Waals surface area contributed by atoms with Crippen LogP contribution in [0.1, 0.15) is 31.2 Å². The number of hydrogen-bond acceptors (Lipinski definition) is 2. The maximum absolute atomic E-state index is 4.44. The van der Waals surface area contributed by atoms with Gasteiger partial charge in [-0.15, -0.1) is 0 Å². The molecule has 3 nitrogen and oxygen atoms in total. The van der Waals surface area contributed by atoms with E-state index in [-0.39, 0.29) is 0 Å². The van der Waals surface area contributed by atoms with Gasteiger partial charge < -0.3 is 5.32 Å². The number of nitrogens with one attached hydrogen (secondary N) is 1. The standard InChI is InChI=1S/C12H21N3/c1-9-8-10(2)15(14-9)7-6-13-11(3)12-4-5-12/h8,11-13H,4-7H2,1-3H3. The first-order valence-electron chi connectivity index (χ1n) is 5.91. The Balaban J connectivity index is 1.75. The van der Waals surface area contributed by atoms with Gasteiger partial charge in [-0.3, -0.25) is 4.68 Å². The Morgan fingerprint density at radius 2 is 2.27 bits per heavy atom. The normalized spacial score (nSPS) is 18.1. The second-order valence-electron chi connectivity index (χ2n) is 4.73. The van der Waals surface area contributed by atoms with E-state index in [1.54, 1.807) is 0 Å². The van der Waals surface area contributed by atoms with Crippen molar-refractivity contribution in [1.82, 2.24) is 15.1 Å². The fraction of sp³-hybridized carbons (Fsp3) is 0.750. The van der Waals surface area contributed by atoms with Gasteiger partial charge in [0.05, 0.1) is 12.2 Å². The molecular weight excluding hydrogens is 186 g/mol. The summed E-state index contributed by atoms with van der Waals surface area (Å²) in [7, 11) is 0. The van der Waals surface area contributed by atoms with E-state index in [4.69, 9.17) is 0 Å². The van der Waals surface area contributed by atoms with Crippen molar-refractivity contribution in [3.8, 4) is 0 Å². The van der Waals surface area contributed by atoms with Gasteiger partial charge in [-0.2, -0.15) is 5.10 Å². The van der Waals surface area contributed by atoms with Crippen molar-refractivity contribution in [2.24, 2.45) is 5.92 Å². The highest BCUT2D eigenvalue weighted by atomic mass is 15.3. The van der Waals surface area contributed by atoms with Crippen molar-refractivity contribution in [3.63, 3.8) is 0 Å². The molecule has 1 N–H and O–H groups in total. The molecule has 1 aliphatic carbocycles. The molecule has 1 aliphatic rings. The van der Waals surface area contributed by atoms with Crippen molar-refractivity contribution < 1.29 is 0 Å². The molecule has 15 heavy (non-hydrogen) atoms. The molecule has 0 amide bonds. The maximum atomic E-state index is 4.44. The molecule has 1 heterocycles. The van der Waals surface area contributed by atoms with Crippen LogP contribution in [0.3, 0.4) is 0 Å². The quantitative estimate of drug-likeness (QED) is 0.799. The van der Waals surface area contributed by atoms with Crippen molar-refractivity contribution >= 4 is 0 Å². The van der Waals surface area contributed by atoms with E-state index in [9.17, 15) is 0 Å². The van der Waals surface area contributed by atoms with Crippen molar-refractivity contribution in [3.05, 3.63) is 17.5 Å². The van der Waals surface area contributed by atoms with E-state index in [1.165, 1.54) is 18.5 Å². The summed E-state index contributed by atoms with van der Waals surface area (Å²) >= 11 is 0. The lowest BCUT2D eigenvalue weighted by Gasteiger charge is -2.12. The maximum Gasteiger partial charge on any atom is 0.0596 e. The van der Waals surface area contributed by atoms with Gasteiger partial charge in [-0.05, 0) is 45.6 Å².